The molecular formula is C61H79Cl4N5O4. The van der Waals surface area contributed by atoms with Crippen LogP contribution in [0.4, 0.5) is 0 Å². The van der Waals surface area contributed by atoms with E-state index in [9.17, 15) is 19.2 Å². The summed E-state index contributed by atoms with van der Waals surface area (Å²) in [6.07, 6.45) is 10.6. The Labute approximate surface area is 461 Å². The van der Waals surface area contributed by atoms with Crippen LogP contribution in [-0.4, -0.2) is 111 Å². The van der Waals surface area contributed by atoms with Crippen molar-refractivity contribution in [3.8, 4) is 0 Å². The van der Waals surface area contributed by atoms with Crippen LogP contribution in [0.2, 0.25) is 20.1 Å². The van der Waals surface area contributed by atoms with E-state index in [0.717, 1.165) is 69.2 Å². The predicted octanol–water partition coefficient (Wildman–Crippen LogP) is 12.4. The molecule has 0 aliphatic carbocycles. The first-order valence-electron chi connectivity index (χ1n) is 27.3. The number of aryl methyl sites for hydroxylation is 4. The van der Waals surface area contributed by atoms with Crippen molar-refractivity contribution in [1.82, 2.24) is 19.6 Å². The fourth-order valence-electron chi connectivity index (χ4n) is 12.0. The number of nitrogens with zero attached hydrogens (tertiary/aromatic N) is 4. The largest absolute Gasteiger partial charge is 0.331 e. The van der Waals surface area contributed by atoms with Crippen molar-refractivity contribution in [1.29, 1.82) is 0 Å². The molecule has 0 radical (unpaired) electrons. The van der Waals surface area contributed by atoms with Gasteiger partial charge in [-0.05, 0) is 141 Å². The molecule has 8 rings (SSSR count). The summed E-state index contributed by atoms with van der Waals surface area (Å²) in [5, 5.41) is 2.02. The maximum Gasteiger partial charge on any atom is 0.240 e. The molecule has 4 aromatic rings. The van der Waals surface area contributed by atoms with Crippen molar-refractivity contribution in [2.24, 2.45) is 23.5 Å². The standard InChI is InChI=1S/C31H40Cl2N2O2.C30H39Cl2N3O2/c1-21(2)17-28(30(36)14-11-24-10-13-26(32)27(33)19-24)34-16-15-25(12-9-23-7-5-4-6-8-23)35-20-22(3)18-29(35)31(34)37;1-20(2)16-27(29(36)13-10-22-9-12-25(31)26(32)17-22)34-15-14-24(11-8-21-6-4-3-5-7-21)35-19-23(33)18-28(35)30(34)37/h4-8,10,13,19,21-22,25,28-29H,9,11-12,14-18,20H2,1-3H3;3-7,9,12,17,20,23-24,27-28H,8,10-11,13-16,18-19,33H2,1-2H3/t22-,25?,28-,29+;23-,24?,27-,28+/m11/s1. The molecule has 2 N–H and O–H groups in total. The lowest BCUT2D eigenvalue weighted by Gasteiger charge is -2.33. The zero-order valence-electron chi connectivity index (χ0n) is 44.3. The summed E-state index contributed by atoms with van der Waals surface area (Å²) < 4.78 is 0. The first kappa shape index (κ1) is 57.9. The molecule has 400 valence electrons. The van der Waals surface area contributed by atoms with E-state index in [0.29, 0.717) is 102 Å². The van der Waals surface area contributed by atoms with Crippen LogP contribution in [0.1, 0.15) is 121 Å². The Morgan fingerprint density at radius 2 is 0.973 bits per heavy atom. The number of amides is 2. The molecule has 0 bridgehead atoms. The average molecular weight is 1090 g/mol. The monoisotopic (exact) mass is 1090 g/mol. The molecule has 4 fully saturated rings. The van der Waals surface area contributed by atoms with Gasteiger partial charge in [0, 0.05) is 57.1 Å². The highest BCUT2D eigenvalue weighted by Crippen LogP contribution is 2.35. The van der Waals surface area contributed by atoms with Crippen molar-refractivity contribution in [3.05, 3.63) is 139 Å². The molecule has 4 aromatic carbocycles. The summed E-state index contributed by atoms with van der Waals surface area (Å²) in [7, 11) is 0. The maximum absolute atomic E-state index is 14.0. The van der Waals surface area contributed by atoms with Gasteiger partial charge in [-0.1, -0.05) is 154 Å². The Morgan fingerprint density at radius 3 is 1.39 bits per heavy atom. The molecule has 4 heterocycles. The van der Waals surface area contributed by atoms with E-state index in [4.69, 9.17) is 52.1 Å². The van der Waals surface area contributed by atoms with E-state index in [1.165, 1.54) is 11.1 Å². The quantitative estimate of drug-likeness (QED) is 0.0939. The minimum Gasteiger partial charge on any atom is -0.331 e. The molecular weight excluding hydrogens is 1010 g/mol. The first-order valence-corrected chi connectivity index (χ1v) is 28.9. The molecule has 2 unspecified atom stereocenters. The van der Waals surface area contributed by atoms with Crippen molar-refractivity contribution >= 4 is 69.8 Å². The number of nitrogens with two attached hydrogens (primary N) is 1. The molecule has 0 spiro atoms. The van der Waals surface area contributed by atoms with Crippen molar-refractivity contribution in [2.45, 2.75) is 167 Å². The molecule has 2 amide bonds. The first-order chi connectivity index (χ1) is 35.4. The van der Waals surface area contributed by atoms with E-state index in [1.807, 2.05) is 40.1 Å². The van der Waals surface area contributed by atoms with Crippen LogP contribution in [0.3, 0.4) is 0 Å². The van der Waals surface area contributed by atoms with Gasteiger partial charge in [0.2, 0.25) is 11.8 Å². The van der Waals surface area contributed by atoms with Gasteiger partial charge in [0.1, 0.15) is 0 Å². The molecule has 4 aliphatic heterocycles. The van der Waals surface area contributed by atoms with Gasteiger partial charge in [-0.2, -0.15) is 0 Å². The molecule has 9 nitrogen and oxygen atoms in total. The highest BCUT2D eigenvalue weighted by molar-refractivity contribution is 6.42. The predicted molar refractivity (Wildman–Crippen MR) is 303 cm³/mol. The average Bonchev–Trinajstić information content (AvgIpc) is 3.91. The van der Waals surface area contributed by atoms with Crippen LogP contribution in [-0.2, 0) is 44.9 Å². The van der Waals surface area contributed by atoms with Gasteiger partial charge in [-0.3, -0.25) is 29.0 Å². The third kappa shape index (κ3) is 15.7. The minimum absolute atomic E-state index is 0.0120. The van der Waals surface area contributed by atoms with Crippen LogP contribution in [0.15, 0.2) is 97.1 Å². The summed E-state index contributed by atoms with van der Waals surface area (Å²) in [6.45, 7) is 13.7. The van der Waals surface area contributed by atoms with Crippen LogP contribution >= 0.6 is 46.4 Å². The number of rotatable bonds is 20. The van der Waals surface area contributed by atoms with Crippen LogP contribution in [0.25, 0.3) is 0 Å². The Kier molecular flexibility index (Phi) is 21.5. The van der Waals surface area contributed by atoms with Gasteiger partial charge in [0.05, 0.1) is 44.3 Å². The Bertz CT molecular complexity index is 2320. The van der Waals surface area contributed by atoms with Crippen molar-refractivity contribution in [3.63, 3.8) is 0 Å². The van der Waals surface area contributed by atoms with Crippen molar-refractivity contribution < 1.29 is 19.2 Å². The Morgan fingerprint density at radius 1 is 0.554 bits per heavy atom. The zero-order valence-corrected chi connectivity index (χ0v) is 47.3. The van der Waals surface area contributed by atoms with Gasteiger partial charge in [-0.15, -0.1) is 0 Å². The number of fused-ring (bicyclic) bond motifs is 2. The summed E-state index contributed by atoms with van der Waals surface area (Å²) in [5.41, 5.74) is 11.0. The fraction of sp³-hybridized carbons (Fsp3) is 0.541. The van der Waals surface area contributed by atoms with E-state index in [2.05, 4.69) is 99.0 Å². The van der Waals surface area contributed by atoms with Gasteiger partial charge in [-0.25, -0.2) is 0 Å². The second-order valence-electron chi connectivity index (χ2n) is 22.5. The van der Waals surface area contributed by atoms with Crippen LogP contribution in [0.5, 0.6) is 0 Å². The summed E-state index contributed by atoms with van der Waals surface area (Å²) in [5.74, 6) is 1.59. The lowest BCUT2D eigenvalue weighted by atomic mass is 9.94. The highest BCUT2D eigenvalue weighted by atomic mass is 35.5. The van der Waals surface area contributed by atoms with Crippen LogP contribution in [0, 0.1) is 17.8 Å². The van der Waals surface area contributed by atoms with E-state index >= 15 is 0 Å². The molecule has 4 saturated heterocycles. The topological polar surface area (TPSA) is 107 Å². The smallest absolute Gasteiger partial charge is 0.240 e. The normalized spacial score (nSPS) is 23.2. The lowest BCUT2D eigenvalue weighted by Crippen LogP contribution is -2.51. The molecule has 74 heavy (non-hydrogen) atoms. The number of ketones is 2. The van der Waals surface area contributed by atoms with E-state index in [-0.39, 0.29) is 53.6 Å². The van der Waals surface area contributed by atoms with Gasteiger partial charge in [0.15, 0.2) is 11.6 Å². The third-order valence-corrected chi connectivity index (χ3v) is 17.3. The summed E-state index contributed by atoms with van der Waals surface area (Å²) >= 11 is 24.5. The Hall–Kier alpha value is -3.80. The number of carbonyl (C=O) groups excluding carboxylic acids is 4. The summed E-state index contributed by atoms with van der Waals surface area (Å²) in [4.78, 5) is 63.8. The second kappa shape index (κ2) is 27.5. The van der Waals surface area contributed by atoms with Crippen molar-refractivity contribution in [2.75, 3.05) is 26.2 Å². The van der Waals surface area contributed by atoms with Gasteiger partial charge in [0.25, 0.3) is 0 Å². The number of hydrogen-bond acceptors (Lipinski definition) is 7. The third-order valence-electron chi connectivity index (χ3n) is 15.8. The number of halogens is 4. The highest BCUT2D eigenvalue weighted by Gasteiger charge is 2.47. The molecule has 4 aliphatic rings. The zero-order chi connectivity index (χ0) is 53.1. The number of hydrogen-bond donors (Lipinski definition) is 1. The van der Waals surface area contributed by atoms with E-state index < -0.39 is 6.04 Å². The molecule has 13 heteroatoms. The van der Waals surface area contributed by atoms with Crippen LogP contribution < -0.4 is 5.73 Å². The number of carbonyl (C=O) groups is 4. The van der Waals surface area contributed by atoms with Gasteiger partial charge < -0.3 is 15.5 Å². The maximum atomic E-state index is 14.0. The lowest BCUT2D eigenvalue weighted by molar-refractivity contribution is -0.142. The van der Waals surface area contributed by atoms with E-state index in [1.54, 1.807) is 12.1 Å². The molecule has 0 aromatic heterocycles. The fourth-order valence-corrected chi connectivity index (χ4v) is 12.6. The summed E-state index contributed by atoms with van der Waals surface area (Å²) in [6, 6.07) is 31.6. The Balaban J connectivity index is 0.000000216. The second-order valence-corrected chi connectivity index (χ2v) is 24.1. The SMILES string of the molecule is CC(C)C[C@H](C(=O)CCc1ccc(Cl)c(Cl)c1)N1CCC(CCc2ccccc2)N2C[C@H](C)C[C@H]2C1=O.CC(C)C[C@H](C(=O)CCc1ccc(Cl)c(Cl)c1)N1CCC(CCc2ccccc2)N2C[C@H](N)C[C@H]2C1=O. The van der Waals surface area contributed by atoms with Gasteiger partial charge >= 0.3 is 0 Å². The molecule has 0 saturated carbocycles. The number of benzene rings is 4. The molecule has 8 atom stereocenters. The number of Topliss-reactive ketones (excluding diaryl/α,β-unsaturated/α-hetero) is 2. The minimum atomic E-state index is -0.415.